The van der Waals surface area contributed by atoms with Crippen LogP contribution in [-0.4, -0.2) is 26.6 Å². The van der Waals surface area contributed by atoms with Gasteiger partial charge in [0.25, 0.3) is 0 Å². The maximum atomic E-state index is 12.6. The number of carboxylic acid groups (broad SMARTS) is 1. The molecule has 3 N–H and O–H groups in total. The van der Waals surface area contributed by atoms with Crippen LogP contribution in [0.4, 0.5) is 5.69 Å². The van der Waals surface area contributed by atoms with Gasteiger partial charge >= 0.3 is 5.97 Å². The molecule has 1 aliphatic rings. The van der Waals surface area contributed by atoms with Gasteiger partial charge in [-0.3, -0.25) is 4.79 Å². The Balaban J connectivity index is 2.00. The van der Waals surface area contributed by atoms with Crippen molar-refractivity contribution in [3.8, 4) is 16.9 Å². The third kappa shape index (κ3) is 2.56. The van der Waals surface area contributed by atoms with Crippen molar-refractivity contribution in [2.24, 2.45) is 0 Å². The van der Waals surface area contributed by atoms with Crippen LogP contribution in [0, 0.1) is 0 Å². The Morgan fingerprint density at radius 2 is 1.92 bits per heavy atom. The van der Waals surface area contributed by atoms with Crippen molar-refractivity contribution in [3.05, 3.63) is 65.4 Å². The summed E-state index contributed by atoms with van der Waals surface area (Å²) in [4.78, 5) is 24.3. The summed E-state index contributed by atoms with van der Waals surface area (Å²) >= 11 is 0. The van der Waals surface area contributed by atoms with Crippen LogP contribution in [0.15, 0.2) is 48.5 Å². The number of nitrogens with two attached hydrogens (primary N) is 1. The number of Topliss-reactive ketones (excluding diaryl/α,β-unsaturated/α-hetero) is 1. The standard InChI is InChI=1S/C20H17N3O3/c21-13-6-3-5-12(11-13)19-18-16(9-4-10-17(18)24)23(22-19)15-8-2-1-7-14(15)20(25)26/h1-3,5-8,11H,4,9-10,21H2,(H,25,26). The number of nitrogen functional groups attached to an aromatic ring is 1. The van der Waals surface area contributed by atoms with Gasteiger partial charge in [-0.15, -0.1) is 0 Å². The molecule has 6 nitrogen and oxygen atoms in total. The molecule has 0 amide bonds. The summed E-state index contributed by atoms with van der Waals surface area (Å²) in [6, 6.07) is 13.9. The van der Waals surface area contributed by atoms with Crippen LogP contribution in [-0.2, 0) is 6.42 Å². The van der Waals surface area contributed by atoms with Gasteiger partial charge in [0, 0.05) is 17.7 Å². The fourth-order valence-corrected chi connectivity index (χ4v) is 3.44. The van der Waals surface area contributed by atoms with Crippen molar-refractivity contribution in [1.29, 1.82) is 0 Å². The monoisotopic (exact) mass is 347 g/mol. The summed E-state index contributed by atoms with van der Waals surface area (Å²) in [6.07, 6.45) is 1.86. The topological polar surface area (TPSA) is 98.2 Å². The van der Waals surface area contributed by atoms with E-state index >= 15 is 0 Å². The highest BCUT2D eigenvalue weighted by Gasteiger charge is 2.29. The SMILES string of the molecule is Nc1cccc(-c2nn(-c3ccccc3C(=O)O)c3c2C(=O)CCC3)c1. The molecule has 0 fully saturated rings. The van der Waals surface area contributed by atoms with Gasteiger partial charge in [-0.2, -0.15) is 5.10 Å². The van der Waals surface area contributed by atoms with Crippen LogP contribution < -0.4 is 5.73 Å². The Hall–Kier alpha value is -3.41. The quantitative estimate of drug-likeness (QED) is 0.708. The second kappa shape index (κ2) is 6.15. The van der Waals surface area contributed by atoms with E-state index in [1.54, 1.807) is 35.0 Å². The number of carbonyl (C=O) groups is 2. The minimum absolute atomic E-state index is 0.0303. The molecule has 0 atom stereocenters. The fourth-order valence-electron chi connectivity index (χ4n) is 3.44. The number of fused-ring (bicyclic) bond motifs is 1. The van der Waals surface area contributed by atoms with Gasteiger partial charge in [0.1, 0.15) is 5.69 Å². The number of rotatable bonds is 3. The molecule has 1 aliphatic carbocycles. The molecule has 1 aromatic heterocycles. The molecule has 0 radical (unpaired) electrons. The Kier molecular flexibility index (Phi) is 3.80. The zero-order valence-electron chi connectivity index (χ0n) is 14.0. The highest BCUT2D eigenvalue weighted by atomic mass is 16.4. The Morgan fingerprint density at radius 1 is 1.12 bits per heavy atom. The molecule has 0 aliphatic heterocycles. The van der Waals surface area contributed by atoms with E-state index in [1.165, 1.54) is 6.07 Å². The van der Waals surface area contributed by atoms with E-state index in [2.05, 4.69) is 5.10 Å². The van der Waals surface area contributed by atoms with Gasteiger partial charge in [-0.05, 0) is 37.1 Å². The average molecular weight is 347 g/mol. The third-order valence-electron chi connectivity index (χ3n) is 4.60. The molecule has 130 valence electrons. The van der Waals surface area contributed by atoms with E-state index < -0.39 is 5.97 Å². The summed E-state index contributed by atoms with van der Waals surface area (Å²) in [6.45, 7) is 0. The third-order valence-corrected chi connectivity index (χ3v) is 4.60. The number of carboxylic acids is 1. The average Bonchev–Trinajstić information content (AvgIpc) is 3.02. The van der Waals surface area contributed by atoms with Crippen molar-refractivity contribution < 1.29 is 14.7 Å². The molecule has 0 bridgehead atoms. The van der Waals surface area contributed by atoms with E-state index in [-0.39, 0.29) is 11.3 Å². The number of anilines is 1. The molecule has 0 spiro atoms. The lowest BCUT2D eigenvalue weighted by molar-refractivity contribution is 0.0696. The van der Waals surface area contributed by atoms with Gasteiger partial charge < -0.3 is 10.8 Å². The van der Waals surface area contributed by atoms with E-state index in [4.69, 9.17) is 5.73 Å². The number of aromatic nitrogens is 2. The smallest absolute Gasteiger partial charge is 0.337 e. The second-order valence-corrected chi connectivity index (χ2v) is 6.31. The van der Waals surface area contributed by atoms with Crippen molar-refractivity contribution >= 4 is 17.4 Å². The van der Waals surface area contributed by atoms with E-state index in [0.29, 0.717) is 35.5 Å². The van der Waals surface area contributed by atoms with Gasteiger partial charge in [0.2, 0.25) is 0 Å². The van der Waals surface area contributed by atoms with Crippen molar-refractivity contribution in [2.75, 3.05) is 5.73 Å². The molecule has 1 heterocycles. The predicted octanol–water partition coefficient (Wildman–Crippen LogP) is 3.34. The van der Waals surface area contributed by atoms with Crippen LogP contribution in [0.1, 0.15) is 39.3 Å². The Bertz CT molecular complexity index is 1040. The summed E-state index contributed by atoms with van der Waals surface area (Å²) in [5.74, 6) is -1.000. The summed E-state index contributed by atoms with van der Waals surface area (Å²) in [5, 5.41) is 14.2. The maximum absolute atomic E-state index is 12.6. The molecule has 3 aromatic rings. The first-order chi connectivity index (χ1) is 12.6. The van der Waals surface area contributed by atoms with E-state index in [1.807, 2.05) is 12.1 Å². The first-order valence-electron chi connectivity index (χ1n) is 8.40. The predicted molar refractivity (Wildman–Crippen MR) is 97.6 cm³/mol. The lowest BCUT2D eigenvalue weighted by Gasteiger charge is -2.14. The molecular weight excluding hydrogens is 330 g/mol. The zero-order valence-corrected chi connectivity index (χ0v) is 14.0. The van der Waals surface area contributed by atoms with Crippen molar-refractivity contribution in [1.82, 2.24) is 9.78 Å². The first kappa shape index (κ1) is 16.1. The van der Waals surface area contributed by atoms with Crippen LogP contribution in [0.25, 0.3) is 16.9 Å². The largest absolute Gasteiger partial charge is 0.478 e. The number of carbonyl (C=O) groups excluding carboxylic acids is 1. The molecule has 0 saturated carbocycles. The highest BCUT2D eigenvalue weighted by Crippen LogP contribution is 2.34. The van der Waals surface area contributed by atoms with Crippen LogP contribution >= 0.6 is 0 Å². The summed E-state index contributed by atoms with van der Waals surface area (Å²) < 4.78 is 1.61. The highest BCUT2D eigenvalue weighted by molar-refractivity contribution is 6.04. The lowest BCUT2D eigenvalue weighted by atomic mass is 9.92. The minimum Gasteiger partial charge on any atom is -0.478 e. The molecule has 0 unspecified atom stereocenters. The minimum atomic E-state index is -1.03. The lowest BCUT2D eigenvalue weighted by Crippen LogP contribution is -2.14. The number of ketones is 1. The zero-order chi connectivity index (χ0) is 18.3. The van der Waals surface area contributed by atoms with E-state index in [0.717, 1.165) is 17.7 Å². The fraction of sp³-hybridized carbons (Fsp3) is 0.150. The number of nitrogens with zero attached hydrogens (tertiary/aromatic N) is 2. The van der Waals surface area contributed by atoms with E-state index in [9.17, 15) is 14.7 Å². The number of benzene rings is 2. The van der Waals surface area contributed by atoms with Crippen molar-refractivity contribution in [3.63, 3.8) is 0 Å². The van der Waals surface area contributed by atoms with Gasteiger partial charge in [-0.25, -0.2) is 9.48 Å². The summed E-state index contributed by atoms with van der Waals surface area (Å²) in [5.41, 5.74) is 9.72. The maximum Gasteiger partial charge on any atom is 0.337 e. The van der Waals surface area contributed by atoms with Crippen molar-refractivity contribution in [2.45, 2.75) is 19.3 Å². The van der Waals surface area contributed by atoms with Gasteiger partial charge in [-0.1, -0.05) is 24.3 Å². The Labute approximate surface area is 149 Å². The number of hydrogen-bond acceptors (Lipinski definition) is 4. The van der Waals surface area contributed by atoms with Crippen LogP contribution in [0.3, 0.4) is 0 Å². The Morgan fingerprint density at radius 3 is 2.69 bits per heavy atom. The molecule has 0 saturated heterocycles. The molecule has 4 rings (SSSR count). The number of aromatic carboxylic acids is 1. The molecular formula is C20H17N3O3. The first-order valence-corrected chi connectivity index (χ1v) is 8.40. The summed E-state index contributed by atoms with van der Waals surface area (Å²) in [7, 11) is 0. The van der Waals surface area contributed by atoms with Gasteiger partial charge in [0.05, 0.1) is 22.5 Å². The number of para-hydroxylation sites is 1. The molecule has 2 aromatic carbocycles. The van der Waals surface area contributed by atoms with Gasteiger partial charge in [0.15, 0.2) is 5.78 Å². The molecule has 6 heteroatoms. The van der Waals surface area contributed by atoms with Crippen LogP contribution in [0.5, 0.6) is 0 Å². The normalized spacial score (nSPS) is 13.5. The molecule has 26 heavy (non-hydrogen) atoms. The number of hydrogen-bond donors (Lipinski definition) is 2. The van der Waals surface area contributed by atoms with Crippen LogP contribution in [0.2, 0.25) is 0 Å². The second-order valence-electron chi connectivity index (χ2n) is 6.31.